The van der Waals surface area contributed by atoms with Crippen LogP contribution < -0.4 is 10.4 Å². The summed E-state index contributed by atoms with van der Waals surface area (Å²) in [4.78, 5) is 11.2. The number of benzene rings is 1. The number of nitrogens with zero attached hydrogens (tertiary/aromatic N) is 1. The summed E-state index contributed by atoms with van der Waals surface area (Å²) < 4.78 is 0. The van der Waals surface area contributed by atoms with Gasteiger partial charge in [-0.2, -0.15) is 0 Å². The molecule has 1 N–H and O–H groups in total. The van der Waals surface area contributed by atoms with Gasteiger partial charge in [-0.05, 0) is 31.9 Å². The summed E-state index contributed by atoms with van der Waals surface area (Å²) in [6.45, 7) is 7.02. The maximum absolute atomic E-state index is 11.2. The van der Waals surface area contributed by atoms with E-state index in [1.165, 1.54) is 16.7 Å². The number of aryl methyl sites for hydroxylation is 3. The van der Waals surface area contributed by atoms with Crippen LogP contribution in [0.15, 0.2) is 12.1 Å². The van der Waals surface area contributed by atoms with Gasteiger partial charge in [0, 0.05) is 13.0 Å². The van der Waals surface area contributed by atoms with Gasteiger partial charge in [-0.25, -0.2) is 0 Å². The molecule has 0 spiro atoms. The van der Waals surface area contributed by atoms with Crippen molar-refractivity contribution in [2.45, 2.75) is 27.2 Å². The number of carbonyl (C=O) groups excluding carboxylic acids is 1. The van der Waals surface area contributed by atoms with Crippen LogP contribution in [0.1, 0.15) is 23.1 Å². The Labute approximate surface area is 90.1 Å². The molecule has 0 unspecified atom stereocenters. The second kappa shape index (κ2) is 3.57. The zero-order valence-corrected chi connectivity index (χ0v) is 9.42. The molecule has 0 bridgehead atoms. The summed E-state index contributed by atoms with van der Waals surface area (Å²) >= 11 is 0. The average Bonchev–Trinajstić information content (AvgIpc) is 2.49. The minimum absolute atomic E-state index is 0.106. The molecule has 1 fully saturated rings. The molecule has 1 aliphatic rings. The lowest BCUT2D eigenvalue weighted by molar-refractivity contribution is -0.119. The topological polar surface area (TPSA) is 32.3 Å². The summed E-state index contributed by atoms with van der Waals surface area (Å²) in [7, 11) is 0. The van der Waals surface area contributed by atoms with Crippen molar-refractivity contribution >= 4 is 11.6 Å². The second-order valence-electron chi connectivity index (χ2n) is 4.18. The molecule has 0 atom stereocenters. The van der Waals surface area contributed by atoms with Crippen LogP contribution in [-0.2, 0) is 4.79 Å². The van der Waals surface area contributed by atoms with Crippen LogP contribution in [0.5, 0.6) is 0 Å². The summed E-state index contributed by atoms with van der Waals surface area (Å²) in [6.07, 6.45) is 0.590. The van der Waals surface area contributed by atoms with Gasteiger partial charge in [-0.15, -0.1) is 0 Å². The highest BCUT2D eigenvalue weighted by Gasteiger charge is 2.21. The van der Waals surface area contributed by atoms with E-state index in [1.54, 1.807) is 0 Å². The van der Waals surface area contributed by atoms with Crippen molar-refractivity contribution < 1.29 is 4.79 Å². The smallest absolute Gasteiger partial charge is 0.240 e. The Kier molecular flexibility index (Phi) is 2.39. The van der Waals surface area contributed by atoms with Gasteiger partial charge in [0.15, 0.2) is 0 Å². The fraction of sp³-hybridized carbons (Fsp3) is 0.417. The number of hydrogen-bond acceptors (Lipinski definition) is 2. The van der Waals surface area contributed by atoms with Gasteiger partial charge in [0.2, 0.25) is 5.91 Å². The average molecular weight is 204 g/mol. The maximum Gasteiger partial charge on any atom is 0.240 e. The number of anilines is 1. The lowest BCUT2D eigenvalue weighted by Gasteiger charge is -2.22. The lowest BCUT2D eigenvalue weighted by atomic mass is 10.0. The number of rotatable bonds is 1. The van der Waals surface area contributed by atoms with Crippen molar-refractivity contribution in [2.24, 2.45) is 0 Å². The van der Waals surface area contributed by atoms with E-state index >= 15 is 0 Å². The van der Waals surface area contributed by atoms with E-state index in [0.29, 0.717) is 6.42 Å². The van der Waals surface area contributed by atoms with Crippen LogP contribution in [0.3, 0.4) is 0 Å². The van der Waals surface area contributed by atoms with Crippen LogP contribution in [-0.4, -0.2) is 12.5 Å². The van der Waals surface area contributed by atoms with Crippen LogP contribution in [0.2, 0.25) is 0 Å². The van der Waals surface area contributed by atoms with Crippen LogP contribution >= 0.6 is 0 Å². The van der Waals surface area contributed by atoms with Crippen molar-refractivity contribution in [3.63, 3.8) is 0 Å². The highest BCUT2D eigenvalue weighted by Crippen LogP contribution is 2.26. The minimum atomic E-state index is 0.106. The number of nitrogens with one attached hydrogen (secondary N) is 1. The third-order valence-corrected chi connectivity index (χ3v) is 2.73. The highest BCUT2D eigenvalue weighted by molar-refractivity contribution is 5.82. The third kappa shape index (κ3) is 1.82. The minimum Gasteiger partial charge on any atom is -0.285 e. The number of hydrogen-bond donors (Lipinski definition) is 1. The van der Waals surface area contributed by atoms with E-state index < -0.39 is 0 Å². The fourth-order valence-electron chi connectivity index (χ4n) is 2.24. The van der Waals surface area contributed by atoms with Crippen LogP contribution in [0, 0.1) is 20.8 Å². The predicted molar refractivity (Wildman–Crippen MR) is 60.8 cm³/mol. The van der Waals surface area contributed by atoms with Gasteiger partial charge in [0.1, 0.15) is 0 Å². The number of hydrazine groups is 1. The lowest BCUT2D eigenvalue weighted by Crippen LogP contribution is -2.34. The van der Waals surface area contributed by atoms with E-state index in [-0.39, 0.29) is 5.91 Å². The van der Waals surface area contributed by atoms with Gasteiger partial charge in [-0.1, -0.05) is 17.7 Å². The second-order valence-corrected chi connectivity index (χ2v) is 4.18. The molecule has 1 aromatic rings. The number of carbonyl (C=O) groups is 1. The largest absolute Gasteiger partial charge is 0.285 e. The van der Waals surface area contributed by atoms with E-state index in [9.17, 15) is 4.79 Å². The van der Waals surface area contributed by atoms with Crippen molar-refractivity contribution in [2.75, 3.05) is 11.6 Å². The quantitative estimate of drug-likeness (QED) is 0.757. The first-order chi connectivity index (χ1) is 7.08. The first-order valence-corrected chi connectivity index (χ1v) is 5.23. The summed E-state index contributed by atoms with van der Waals surface area (Å²) in [5.41, 5.74) is 7.71. The highest BCUT2D eigenvalue weighted by atomic mass is 16.2. The molecule has 3 nitrogen and oxygen atoms in total. The fourth-order valence-corrected chi connectivity index (χ4v) is 2.24. The SMILES string of the molecule is Cc1cc(C)c(N2CCC(=O)N2)c(C)c1. The molecule has 0 aromatic heterocycles. The van der Waals surface area contributed by atoms with Gasteiger partial charge >= 0.3 is 0 Å². The van der Waals surface area contributed by atoms with E-state index in [2.05, 4.69) is 38.3 Å². The monoisotopic (exact) mass is 204 g/mol. The standard InChI is InChI=1S/C12H16N2O/c1-8-6-9(2)12(10(3)7-8)14-5-4-11(15)13-14/h6-7H,4-5H2,1-3H3,(H,13,15). The molecule has 0 aliphatic carbocycles. The zero-order chi connectivity index (χ0) is 11.0. The Balaban J connectivity index is 2.39. The van der Waals surface area contributed by atoms with E-state index in [0.717, 1.165) is 12.2 Å². The van der Waals surface area contributed by atoms with Crippen molar-refractivity contribution in [1.82, 2.24) is 5.43 Å². The number of amides is 1. The van der Waals surface area contributed by atoms with Crippen molar-refractivity contribution in [1.29, 1.82) is 0 Å². The molecule has 15 heavy (non-hydrogen) atoms. The van der Waals surface area contributed by atoms with Gasteiger partial charge in [0.25, 0.3) is 0 Å². The first-order valence-electron chi connectivity index (χ1n) is 5.23. The Bertz CT molecular complexity index is 389. The Hall–Kier alpha value is -1.51. The van der Waals surface area contributed by atoms with Gasteiger partial charge < -0.3 is 0 Å². The normalized spacial score (nSPS) is 15.7. The van der Waals surface area contributed by atoms with Gasteiger partial charge in [-0.3, -0.25) is 15.2 Å². The molecular weight excluding hydrogens is 188 g/mol. The van der Waals surface area contributed by atoms with E-state index in [4.69, 9.17) is 0 Å². The molecule has 1 aliphatic heterocycles. The van der Waals surface area contributed by atoms with Gasteiger partial charge in [0.05, 0.1) is 5.69 Å². The molecule has 1 heterocycles. The zero-order valence-electron chi connectivity index (χ0n) is 9.42. The molecule has 3 heteroatoms. The molecule has 0 saturated carbocycles. The molecule has 2 rings (SSSR count). The first kappa shape index (κ1) is 10.0. The van der Waals surface area contributed by atoms with Crippen molar-refractivity contribution in [3.05, 3.63) is 28.8 Å². The summed E-state index contributed by atoms with van der Waals surface area (Å²) in [5.74, 6) is 0.106. The molecule has 1 aromatic carbocycles. The van der Waals surface area contributed by atoms with Crippen LogP contribution in [0.4, 0.5) is 5.69 Å². The summed E-state index contributed by atoms with van der Waals surface area (Å²) in [6, 6.07) is 4.29. The molecule has 1 saturated heterocycles. The van der Waals surface area contributed by atoms with E-state index in [1.807, 2.05) is 5.01 Å². The Morgan fingerprint density at radius 3 is 2.27 bits per heavy atom. The molecular formula is C12H16N2O. The third-order valence-electron chi connectivity index (χ3n) is 2.73. The molecule has 80 valence electrons. The Morgan fingerprint density at radius 2 is 1.80 bits per heavy atom. The molecule has 1 amide bonds. The molecule has 0 radical (unpaired) electrons. The Morgan fingerprint density at radius 1 is 1.20 bits per heavy atom. The predicted octanol–water partition coefficient (Wildman–Crippen LogP) is 1.85. The summed E-state index contributed by atoms with van der Waals surface area (Å²) in [5, 5.41) is 1.95. The van der Waals surface area contributed by atoms with Crippen LogP contribution in [0.25, 0.3) is 0 Å². The van der Waals surface area contributed by atoms with Crippen molar-refractivity contribution in [3.8, 4) is 0 Å². The maximum atomic E-state index is 11.2.